The summed E-state index contributed by atoms with van der Waals surface area (Å²) in [4.78, 5) is 10.9. The van der Waals surface area contributed by atoms with Crippen LogP contribution in [0.15, 0.2) is 0 Å². The summed E-state index contributed by atoms with van der Waals surface area (Å²) in [5.41, 5.74) is 0. The molecule has 1 rings (SSSR count). The summed E-state index contributed by atoms with van der Waals surface area (Å²) in [5.74, 6) is 0. The molecule has 0 amide bonds. The van der Waals surface area contributed by atoms with E-state index in [4.69, 9.17) is 28.5 Å². The summed E-state index contributed by atoms with van der Waals surface area (Å²) >= 11 is 0. The van der Waals surface area contributed by atoms with Crippen LogP contribution in [-0.4, -0.2) is 69.8 Å². The summed E-state index contributed by atoms with van der Waals surface area (Å²) < 4.78 is 26.4. The summed E-state index contributed by atoms with van der Waals surface area (Å²) in [6.45, 7) is 10.4. The van der Waals surface area contributed by atoms with Crippen LogP contribution in [0, 0.1) is 0 Å². The van der Waals surface area contributed by atoms with Gasteiger partial charge in [0.05, 0.1) is 13.2 Å². The first-order chi connectivity index (χ1) is 10.5. The van der Waals surface area contributed by atoms with Crippen LogP contribution in [0.4, 0.5) is 4.79 Å². The number of ether oxygens (including phenoxy) is 4. The van der Waals surface area contributed by atoms with Crippen LogP contribution in [-0.2, 0) is 23.4 Å². The van der Waals surface area contributed by atoms with E-state index in [-0.39, 0.29) is 18.3 Å². The Labute approximate surface area is 137 Å². The third-order valence-electron chi connectivity index (χ3n) is 4.29. The van der Waals surface area contributed by atoms with E-state index in [2.05, 4.69) is 33.9 Å². The predicted molar refractivity (Wildman–Crippen MR) is 83.7 cm³/mol. The van der Waals surface area contributed by atoms with Gasteiger partial charge in [0.15, 0.2) is 14.4 Å². The Morgan fingerprint density at radius 1 is 1.39 bits per heavy atom. The number of methoxy groups -OCH3 is 1. The number of aliphatic hydroxyl groups is 1. The van der Waals surface area contributed by atoms with E-state index in [9.17, 15) is 9.90 Å². The number of aliphatic hydroxyl groups excluding tert-OH is 1. The summed E-state index contributed by atoms with van der Waals surface area (Å²) in [6.07, 6.45) is -5.31. The Morgan fingerprint density at radius 2 is 2.00 bits per heavy atom. The maximum Gasteiger partial charge on any atom is 0.506 e. The number of hydrogen-bond donors (Lipinski definition) is 2. The van der Waals surface area contributed by atoms with Crippen molar-refractivity contribution < 1.29 is 38.4 Å². The monoisotopic (exact) mass is 352 g/mol. The maximum absolute atomic E-state index is 10.9. The minimum atomic E-state index is -2.08. The average molecular weight is 352 g/mol. The SMILES string of the molecule is CO[C@@H]1OC[C@H](C(CO[Si](C)(C)C(C)(C)C)OC(=O)O)OC1O. The molecule has 9 heteroatoms. The van der Waals surface area contributed by atoms with Crippen molar-refractivity contribution in [3.05, 3.63) is 0 Å². The second-order valence-corrected chi connectivity index (χ2v) is 11.8. The van der Waals surface area contributed by atoms with Crippen molar-refractivity contribution in [1.29, 1.82) is 0 Å². The van der Waals surface area contributed by atoms with E-state index in [0.717, 1.165) is 0 Å². The summed E-state index contributed by atoms with van der Waals surface area (Å²) in [5, 5.41) is 18.7. The molecule has 0 radical (unpaired) electrons. The van der Waals surface area contributed by atoms with Crippen molar-refractivity contribution in [3.63, 3.8) is 0 Å². The molecule has 2 unspecified atom stereocenters. The number of rotatable bonds is 6. The van der Waals surface area contributed by atoms with Crippen molar-refractivity contribution in [2.45, 2.75) is 63.7 Å². The fourth-order valence-electron chi connectivity index (χ4n) is 1.79. The van der Waals surface area contributed by atoms with E-state index >= 15 is 0 Å². The first-order valence-corrected chi connectivity index (χ1v) is 10.4. The third-order valence-corrected chi connectivity index (χ3v) is 8.79. The molecule has 4 atom stereocenters. The highest BCUT2D eigenvalue weighted by atomic mass is 28.4. The molecule has 1 aliphatic heterocycles. The quantitative estimate of drug-likeness (QED) is 0.551. The highest BCUT2D eigenvalue weighted by Gasteiger charge is 2.41. The van der Waals surface area contributed by atoms with E-state index in [1.807, 2.05) is 0 Å². The smallest absolute Gasteiger partial charge is 0.450 e. The van der Waals surface area contributed by atoms with Gasteiger partial charge in [0.2, 0.25) is 12.6 Å². The topological polar surface area (TPSA) is 104 Å². The molecule has 0 saturated carbocycles. The van der Waals surface area contributed by atoms with Crippen LogP contribution in [0.1, 0.15) is 20.8 Å². The molecule has 2 N–H and O–H groups in total. The highest BCUT2D eigenvalue weighted by Crippen LogP contribution is 2.36. The van der Waals surface area contributed by atoms with Gasteiger partial charge in [-0.05, 0) is 18.1 Å². The Morgan fingerprint density at radius 3 is 2.43 bits per heavy atom. The fraction of sp³-hybridized carbons (Fsp3) is 0.929. The van der Waals surface area contributed by atoms with Crippen LogP contribution in [0.3, 0.4) is 0 Å². The van der Waals surface area contributed by atoms with Gasteiger partial charge in [-0.2, -0.15) is 0 Å². The fourth-order valence-corrected chi connectivity index (χ4v) is 2.80. The zero-order valence-electron chi connectivity index (χ0n) is 14.6. The molecule has 23 heavy (non-hydrogen) atoms. The van der Waals surface area contributed by atoms with Crippen molar-refractivity contribution in [3.8, 4) is 0 Å². The molecule has 8 nitrogen and oxygen atoms in total. The van der Waals surface area contributed by atoms with Gasteiger partial charge >= 0.3 is 6.16 Å². The second kappa shape index (κ2) is 7.91. The lowest BCUT2D eigenvalue weighted by molar-refractivity contribution is -0.332. The molecule has 1 fully saturated rings. The molecule has 1 saturated heterocycles. The standard InChI is InChI=1S/C14H28O8Si/c1-14(2,3)23(5,6)20-8-10(22-13(16)17)9-7-19-12(18-4)11(15)21-9/h9-12,15H,7-8H2,1-6H3,(H,16,17)/t9-,10?,11?,12-/m1/s1. The molecule has 1 aliphatic rings. The van der Waals surface area contributed by atoms with Crippen molar-refractivity contribution >= 4 is 14.5 Å². The Bertz CT molecular complexity index is 395. The van der Waals surface area contributed by atoms with E-state index in [1.54, 1.807) is 0 Å². The molecule has 0 aromatic rings. The highest BCUT2D eigenvalue weighted by molar-refractivity contribution is 6.74. The van der Waals surface area contributed by atoms with Crippen molar-refractivity contribution in [1.82, 2.24) is 0 Å². The number of carboxylic acid groups (broad SMARTS) is 1. The number of carbonyl (C=O) groups is 1. The Kier molecular flexibility index (Phi) is 6.99. The zero-order valence-corrected chi connectivity index (χ0v) is 15.6. The van der Waals surface area contributed by atoms with Gasteiger partial charge in [0.1, 0.15) is 6.10 Å². The van der Waals surface area contributed by atoms with Gasteiger partial charge in [-0.3, -0.25) is 0 Å². The predicted octanol–water partition coefficient (Wildman–Crippen LogP) is 1.78. The third kappa shape index (κ3) is 5.70. The van der Waals surface area contributed by atoms with Gasteiger partial charge in [0, 0.05) is 7.11 Å². The normalized spacial score (nSPS) is 27.5. The second-order valence-electron chi connectivity index (χ2n) is 7.00. The molecule has 0 aliphatic carbocycles. The first kappa shape index (κ1) is 20.3. The van der Waals surface area contributed by atoms with E-state index in [0.29, 0.717) is 0 Å². The van der Waals surface area contributed by atoms with Crippen molar-refractivity contribution in [2.24, 2.45) is 0 Å². The number of hydrogen-bond acceptors (Lipinski definition) is 7. The van der Waals surface area contributed by atoms with Crippen LogP contribution in [0.2, 0.25) is 18.1 Å². The average Bonchev–Trinajstić information content (AvgIpc) is 2.41. The van der Waals surface area contributed by atoms with Crippen molar-refractivity contribution in [2.75, 3.05) is 20.3 Å². The Hall–Kier alpha value is -0.713. The van der Waals surface area contributed by atoms with Gasteiger partial charge in [-0.25, -0.2) is 4.79 Å². The van der Waals surface area contributed by atoms with Gasteiger partial charge < -0.3 is 33.6 Å². The molecular weight excluding hydrogens is 324 g/mol. The minimum absolute atomic E-state index is 0.0225. The van der Waals surface area contributed by atoms with Gasteiger partial charge in [-0.1, -0.05) is 20.8 Å². The molecule has 0 bridgehead atoms. The lowest BCUT2D eigenvalue weighted by atomic mass is 10.2. The van der Waals surface area contributed by atoms with Gasteiger partial charge in [-0.15, -0.1) is 0 Å². The first-order valence-electron chi connectivity index (χ1n) is 7.49. The van der Waals surface area contributed by atoms with Crippen LogP contribution < -0.4 is 0 Å². The lowest BCUT2D eigenvalue weighted by Gasteiger charge is -2.39. The van der Waals surface area contributed by atoms with Gasteiger partial charge in [0.25, 0.3) is 0 Å². The zero-order chi connectivity index (χ0) is 17.8. The summed E-state index contributed by atoms with van der Waals surface area (Å²) in [7, 11) is -0.698. The van der Waals surface area contributed by atoms with E-state index < -0.39 is 39.3 Å². The van der Waals surface area contributed by atoms with E-state index in [1.165, 1.54) is 7.11 Å². The maximum atomic E-state index is 10.9. The van der Waals surface area contributed by atoms with Crippen LogP contribution in [0.5, 0.6) is 0 Å². The minimum Gasteiger partial charge on any atom is -0.450 e. The summed E-state index contributed by atoms with van der Waals surface area (Å²) in [6, 6.07) is 0. The van der Waals surface area contributed by atoms with Crippen LogP contribution >= 0.6 is 0 Å². The molecule has 0 spiro atoms. The molecular formula is C14H28O8Si. The largest absolute Gasteiger partial charge is 0.506 e. The molecule has 0 aromatic heterocycles. The molecule has 136 valence electrons. The molecule has 1 heterocycles. The lowest BCUT2D eigenvalue weighted by Crippen LogP contribution is -2.52. The van der Waals surface area contributed by atoms with Crippen LogP contribution in [0.25, 0.3) is 0 Å². The Balaban J connectivity index is 2.72. The molecule has 0 aromatic carbocycles.